The van der Waals surface area contributed by atoms with Crippen molar-refractivity contribution in [1.29, 1.82) is 0 Å². The molecule has 3 rings (SSSR count). The van der Waals surface area contributed by atoms with E-state index in [1.54, 1.807) is 24.3 Å². The van der Waals surface area contributed by atoms with E-state index in [1.807, 2.05) is 36.4 Å². The monoisotopic (exact) mass is 333 g/mol. The molecule has 0 spiro atoms. The normalized spacial score (nSPS) is 16.3. The first-order valence-corrected chi connectivity index (χ1v) is 8.90. The summed E-state index contributed by atoms with van der Waals surface area (Å²) < 4.78 is 26.8. The van der Waals surface area contributed by atoms with E-state index in [1.165, 1.54) is 9.88 Å². The number of halogens is 1. The molecule has 1 aliphatic heterocycles. The smallest absolute Gasteiger partial charge is 0.207 e. The van der Waals surface area contributed by atoms with E-state index in [0.717, 1.165) is 5.56 Å². The summed E-state index contributed by atoms with van der Waals surface area (Å²) >= 11 is 6.03. The molecule has 0 fully saturated rings. The first kappa shape index (κ1) is 15.3. The standard InChI is InChI=1S/C17H16ClNO2S/c18-16-8-4-5-9-17(16)22(20,21)19-12-10-15(11-13-19)14-6-2-1-3-7-14/h1-10H,11-13H2. The Morgan fingerprint density at radius 2 is 1.64 bits per heavy atom. The predicted molar refractivity (Wildman–Crippen MR) is 89.2 cm³/mol. The lowest BCUT2D eigenvalue weighted by atomic mass is 10.0. The van der Waals surface area contributed by atoms with Crippen LogP contribution >= 0.6 is 11.6 Å². The Morgan fingerprint density at radius 3 is 2.27 bits per heavy atom. The van der Waals surface area contributed by atoms with Gasteiger partial charge in [0, 0.05) is 13.1 Å². The number of benzene rings is 2. The molecule has 0 aromatic heterocycles. The molecule has 2 aromatic rings. The van der Waals surface area contributed by atoms with Gasteiger partial charge in [-0.15, -0.1) is 0 Å². The molecule has 0 radical (unpaired) electrons. The lowest BCUT2D eigenvalue weighted by Gasteiger charge is -2.26. The van der Waals surface area contributed by atoms with Gasteiger partial charge in [0.1, 0.15) is 4.90 Å². The van der Waals surface area contributed by atoms with E-state index < -0.39 is 10.0 Å². The van der Waals surface area contributed by atoms with Crippen molar-refractivity contribution in [3.8, 4) is 0 Å². The van der Waals surface area contributed by atoms with Crippen molar-refractivity contribution in [3.63, 3.8) is 0 Å². The van der Waals surface area contributed by atoms with Gasteiger partial charge < -0.3 is 0 Å². The van der Waals surface area contributed by atoms with Gasteiger partial charge in [-0.25, -0.2) is 8.42 Å². The van der Waals surface area contributed by atoms with E-state index in [0.29, 0.717) is 19.5 Å². The summed E-state index contributed by atoms with van der Waals surface area (Å²) in [5, 5.41) is 0.264. The van der Waals surface area contributed by atoms with Gasteiger partial charge in [-0.1, -0.05) is 60.1 Å². The van der Waals surface area contributed by atoms with Crippen LogP contribution in [0.15, 0.2) is 65.6 Å². The molecule has 0 saturated heterocycles. The van der Waals surface area contributed by atoms with Crippen LogP contribution in [0.25, 0.3) is 5.57 Å². The largest absolute Gasteiger partial charge is 0.244 e. The van der Waals surface area contributed by atoms with Crippen molar-refractivity contribution in [2.45, 2.75) is 11.3 Å². The molecule has 0 unspecified atom stereocenters. The molecule has 2 aromatic carbocycles. The Kier molecular flexibility index (Phi) is 4.34. The lowest BCUT2D eigenvalue weighted by Crippen LogP contribution is -2.34. The van der Waals surface area contributed by atoms with Crippen LogP contribution in [0.4, 0.5) is 0 Å². The zero-order valence-corrected chi connectivity index (χ0v) is 13.5. The number of nitrogens with zero attached hydrogens (tertiary/aromatic N) is 1. The number of hydrogen-bond donors (Lipinski definition) is 0. The molecular weight excluding hydrogens is 318 g/mol. The van der Waals surface area contributed by atoms with Gasteiger partial charge in [0.25, 0.3) is 0 Å². The summed E-state index contributed by atoms with van der Waals surface area (Å²) in [6.45, 7) is 0.839. The molecule has 0 aliphatic carbocycles. The molecule has 0 amide bonds. The van der Waals surface area contributed by atoms with Crippen LogP contribution < -0.4 is 0 Å². The van der Waals surface area contributed by atoms with Gasteiger partial charge in [-0.05, 0) is 29.7 Å². The maximum Gasteiger partial charge on any atom is 0.244 e. The van der Waals surface area contributed by atoms with Crippen molar-refractivity contribution in [1.82, 2.24) is 4.31 Å². The van der Waals surface area contributed by atoms with Crippen LogP contribution in [-0.4, -0.2) is 25.8 Å². The van der Waals surface area contributed by atoms with Crippen LogP contribution in [0.1, 0.15) is 12.0 Å². The SMILES string of the molecule is O=S(=O)(c1ccccc1Cl)N1CC=C(c2ccccc2)CC1. The maximum absolute atomic E-state index is 12.7. The van der Waals surface area contributed by atoms with Crippen LogP contribution in [0, 0.1) is 0 Å². The average Bonchev–Trinajstić information content (AvgIpc) is 2.56. The van der Waals surface area contributed by atoms with Crippen molar-refractivity contribution in [2.75, 3.05) is 13.1 Å². The minimum atomic E-state index is -3.54. The molecule has 0 N–H and O–H groups in total. The molecule has 0 atom stereocenters. The van der Waals surface area contributed by atoms with Crippen molar-refractivity contribution in [2.24, 2.45) is 0 Å². The van der Waals surface area contributed by atoms with Crippen molar-refractivity contribution < 1.29 is 8.42 Å². The third-order valence-electron chi connectivity index (χ3n) is 3.77. The summed E-state index contributed by atoms with van der Waals surface area (Å²) in [7, 11) is -3.54. The van der Waals surface area contributed by atoms with Gasteiger partial charge in [0.05, 0.1) is 5.02 Å². The van der Waals surface area contributed by atoms with E-state index in [4.69, 9.17) is 11.6 Å². The zero-order valence-electron chi connectivity index (χ0n) is 11.9. The molecule has 1 aliphatic rings. The molecular formula is C17H16ClNO2S. The van der Waals surface area contributed by atoms with E-state index >= 15 is 0 Å². The molecule has 1 heterocycles. The van der Waals surface area contributed by atoms with Crippen LogP contribution in [-0.2, 0) is 10.0 Å². The number of rotatable bonds is 3. The Labute approximate surface area is 135 Å². The number of hydrogen-bond acceptors (Lipinski definition) is 2. The summed E-state index contributed by atoms with van der Waals surface area (Å²) in [5.41, 5.74) is 2.34. The van der Waals surface area contributed by atoms with Crippen molar-refractivity contribution in [3.05, 3.63) is 71.3 Å². The minimum Gasteiger partial charge on any atom is -0.207 e. The Hall–Kier alpha value is -1.62. The van der Waals surface area contributed by atoms with Gasteiger partial charge >= 0.3 is 0 Å². The van der Waals surface area contributed by atoms with Gasteiger partial charge in [-0.3, -0.25) is 0 Å². The molecule has 5 heteroatoms. The average molecular weight is 334 g/mol. The fraction of sp³-hybridized carbons (Fsp3) is 0.176. The highest BCUT2D eigenvalue weighted by Gasteiger charge is 2.27. The highest BCUT2D eigenvalue weighted by molar-refractivity contribution is 7.89. The second-order valence-electron chi connectivity index (χ2n) is 5.14. The highest BCUT2D eigenvalue weighted by atomic mass is 35.5. The van der Waals surface area contributed by atoms with Gasteiger partial charge in [0.15, 0.2) is 0 Å². The fourth-order valence-electron chi connectivity index (χ4n) is 2.58. The summed E-state index contributed by atoms with van der Waals surface area (Å²) in [6.07, 6.45) is 2.68. The molecule has 0 bridgehead atoms. The van der Waals surface area contributed by atoms with Gasteiger partial charge in [-0.2, -0.15) is 4.31 Å². The topological polar surface area (TPSA) is 37.4 Å². The summed E-state index contributed by atoms with van der Waals surface area (Å²) in [6, 6.07) is 16.6. The first-order chi connectivity index (χ1) is 10.6. The summed E-state index contributed by atoms with van der Waals surface area (Å²) in [4.78, 5) is 0.174. The van der Waals surface area contributed by atoms with E-state index in [2.05, 4.69) is 0 Å². The van der Waals surface area contributed by atoms with Crippen LogP contribution in [0.5, 0.6) is 0 Å². The quantitative estimate of drug-likeness (QED) is 0.856. The lowest BCUT2D eigenvalue weighted by molar-refractivity contribution is 0.441. The Balaban J connectivity index is 1.84. The second-order valence-corrected chi connectivity index (χ2v) is 7.45. The second kappa shape index (κ2) is 6.24. The summed E-state index contributed by atoms with van der Waals surface area (Å²) in [5.74, 6) is 0. The van der Waals surface area contributed by atoms with E-state index in [-0.39, 0.29) is 9.92 Å². The Bertz CT molecular complexity index is 800. The molecule has 114 valence electrons. The van der Waals surface area contributed by atoms with E-state index in [9.17, 15) is 8.42 Å². The van der Waals surface area contributed by atoms with Gasteiger partial charge in [0.2, 0.25) is 10.0 Å². The molecule has 3 nitrogen and oxygen atoms in total. The fourth-order valence-corrected chi connectivity index (χ4v) is 4.45. The third kappa shape index (κ3) is 2.95. The Morgan fingerprint density at radius 1 is 0.955 bits per heavy atom. The number of sulfonamides is 1. The van der Waals surface area contributed by atoms with Crippen LogP contribution in [0.3, 0.4) is 0 Å². The molecule has 0 saturated carbocycles. The minimum absolute atomic E-state index is 0.174. The zero-order chi connectivity index (χ0) is 15.6. The van der Waals surface area contributed by atoms with Crippen LogP contribution in [0.2, 0.25) is 5.02 Å². The van der Waals surface area contributed by atoms with Crippen molar-refractivity contribution >= 4 is 27.2 Å². The predicted octanol–water partition coefficient (Wildman–Crippen LogP) is 3.82. The third-order valence-corrected chi connectivity index (χ3v) is 6.14. The molecule has 22 heavy (non-hydrogen) atoms. The highest BCUT2D eigenvalue weighted by Crippen LogP contribution is 2.28. The maximum atomic E-state index is 12.7. The first-order valence-electron chi connectivity index (χ1n) is 7.08.